The Kier molecular flexibility index (Phi) is 6.39. The van der Waals surface area contributed by atoms with Crippen molar-refractivity contribution in [1.82, 2.24) is 0 Å². The number of carbonyl (C=O) groups excluding carboxylic acids is 1. The average Bonchev–Trinajstić information content (AvgIpc) is 3.38. The minimum absolute atomic E-state index is 0.386. The Labute approximate surface area is 206 Å². The Morgan fingerprint density at radius 3 is 1.57 bits per heavy atom. The van der Waals surface area contributed by atoms with Gasteiger partial charge in [0, 0.05) is 5.56 Å². The van der Waals surface area contributed by atoms with Crippen molar-refractivity contribution >= 4 is 41.1 Å². The monoisotopic (exact) mass is 477 g/mol. The van der Waals surface area contributed by atoms with E-state index in [-0.39, 0.29) is 0 Å². The molecule has 0 fully saturated rings. The fourth-order valence-electron chi connectivity index (χ4n) is 4.67. The highest BCUT2D eigenvalue weighted by Gasteiger charge is 2.57. The summed E-state index contributed by atoms with van der Waals surface area (Å²) in [6.07, 6.45) is 2.10. The number of carbonyl (C=O) groups is 1. The van der Waals surface area contributed by atoms with Crippen LogP contribution in [0.4, 0.5) is 0 Å². The van der Waals surface area contributed by atoms with Crippen LogP contribution in [0.2, 0.25) is 0 Å². The van der Waals surface area contributed by atoms with Gasteiger partial charge in [0.25, 0.3) is 5.66 Å². The van der Waals surface area contributed by atoms with Gasteiger partial charge >= 0.3 is 5.97 Å². The second-order valence-electron chi connectivity index (χ2n) is 8.40. The number of nitrogens with zero attached hydrogens (tertiary/aromatic N) is 2. The quantitative estimate of drug-likeness (QED) is 0.292. The summed E-state index contributed by atoms with van der Waals surface area (Å²) >= 11 is 0. The fraction of sp³-hybridized carbons (Fsp3) is 0.100. The van der Waals surface area contributed by atoms with Gasteiger partial charge in [-0.15, -0.1) is 0 Å². The van der Waals surface area contributed by atoms with E-state index in [4.69, 9.17) is 14.7 Å². The number of ether oxygens (including phenoxy) is 1. The van der Waals surface area contributed by atoms with E-state index in [9.17, 15) is 4.79 Å². The number of benzene rings is 4. The number of esters is 1. The van der Waals surface area contributed by atoms with Gasteiger partial charge in [-0.25, -0.2) is 14.8 Å². The third kappa shape index (κ3) is 4.22. The summed E-state index contributed by atoms with van der Waals surface area (Å²) in [4.78, 5) is 23.2. The van der Waals surface area contributed by atoms with Gasteiger partial charge in [-0.3, -0.25) is 0 Å². The summed E-state index contributed by atoms with van der Waals surface area (Å²) in [7, 11) is -0.969. The topological polar surface area (TPSA) is 51.0 Å². The van der Waals surface area contributed by atoms with Gasteiger partial charge in [0.15, 0.2) is 0 Å². The molecule has 5 rings (SSSR count). The van der Waals surface area contributed by atoms with Crippen LogP contribution in [0.1, 0.15) is 5.56 Å². The number of methoxy groups -OCH3 is 1. The van der Waals surface area contributed by atoms with E-state index in [0.717, 1.165) is 5.56 Å². The van der Waals surface area contributed by atoms with Crippen LogP contribution >= 0.6 is 7.26 Å². The predicted octanol–water partition coefficient (Wildman–Crippen LogP) is 4.42. The number of rotatable bonds is 7. The van der Waals surface area contributed by atoms with E-state index in [2.05, 4.69) is 72.8 Å². The van der Waals surface area contributed by atoms with Crippen molar-refractivity contribution in [2.45, 2.75) is 5.66 Å². The van der Waals surface area contributed by atoms with Crippen molar-refractivity contribution in [3.05, 3.63) is 127 Å². The van der Waals surface area contributed by atoms with Crippen LogP contribution in [-0.2, 0) is 9.53 Å². The molecule has 0 spiro atoms. The molecule has 1 unspecified atom stereocenters. The van der Waals surface area contributed by atoms with E-state index in [0.29, 0.717) is 11.9 Å². The van der Waals surface area contributed by atoms with Gasteiger partial charge in [0.05, 0.1) is 19.0 Å². The first-order valence-electron chi connectivity index (χ1n) is 11.5. The van der Waals surface area contributed by atoms with Crippen LogP contribution < -0.4 is 15.9 Å². The third-order valence-electron chi connectivity index (χ3n) is 6.34. The van der Waals surface area contributed by atoms with E-state index in [1.807, 2.05) is 48.5 Å². The molecule has 1 heterocycles. The van der Waals surface area contributed by atoms with Crippen LogP contribution in [0.5, 0.6) is 0 Å². The highest BCUT2D eigenvalue weighted by atomic mass is 31.2. The summed E-state index contributed by atoms with van der Waals surface area (Å²) in [6, 6.07) is 41.1. The number of hydrogen-bond acceptors (Lipinski definition) is 4. The summed E-state index contributed by atoms with van der Waals surface area (Å²) in [5.41, 5.74) is 0.225. The zero-order valence-electron chi connectivity index (χ0n) is 19.5. The number of hydrogen-bond donors (Lipinski definition) is 0. The lowest BCUT2D eigenvalue weighted by atomic mass is 10.1. The Morgan fingerprint density at radius 1 is 0.714 bits per heavy atom. The van der Waals surface area contributed by atoms with Gasteiger partial charge in [0.1, 0.15) is 29.3 Å². The molecule has 0 saturated heterocycles. The first-order chi connectivity index (χ1) is 17.2. The fourth-order valence-corrected chi connectivity index (χ4v) is 9.10. The molecule has 1 aliphatic rings. The van der Waals surface area contributed by atoms with E-state index >= 15 is 0 Å². The van der Waals surface area contributed by atoms with E-state index < -0.39 is 18.9 Å². The molecule has 5 heteroatoms. The standard InChI is InChI=1S/C30H26N2O2P/c1-34-29(33)30(31-22-28(32-30)24-14-6-2-7-15-24)23-35(25-16-8-3-9-17-25,26-18-10-4-11-19-26)27-20-12-5-13-21-27/h2-22H,23H2,1H3/q+1. The molecule has 1 atom stereocenters. The highest BCUT2D eigenvalue weighted by Crippen LogP contribution is 2.58. The largest absolute Gasteiger partial charge is 0.466 e. The van der Waals surface area contributed by atoms with Crippen molar-refractivity contribution in [2.24, 2.45) is 9.98 Å². The molecule has 35 heavy (non-hydrogen) atoms. The molecule has 0 aromatic heterocycles. The third-order valence-corrected chi connectivity index (χ3v) is 10.8. The normalized spacial score (nSPS) is 17.1. The lowest BCUT2D eigenvalue weighted by Gasteiger charge is -2.32. The van der Waals surface area contributed by atoms with Crippen LogP contribution in [0.15, 0.2) is 131 Å². The van der Waals surface area contributed by atoms with Crippen molar-refractivity contribution in [1.29, 1.82) is 0 Å². The summed E-state index contributed by atoms with van der Waals surface area (Å²) in [5, 5.41) is 3.50. The van der Waals surface area contributed by atoms with Crippen LogP contribution in [-0.4, -0.2) is 36.8 Å². The molecular weight excluding hydrogens is 451 g/mol. The average molecular weight is 478 g/mol. The van der Waals surface area contributed by atoms with E-state index in [1.165, 1.54) is 23.0 Å². The van der Waals surface area contributed by atoms with Crippen molar-refractivity contribution < 1.29 is 9.53 Å². The first-order valence-corrected chi connectivity index (χ1v) is 13.5. The van der Waals surface area contributed by atoms with E-state index in [1.54, 1.807) is 6.21 Å². The molecular formula is C30H26N2O2P+. The SMILES string of the molecule is COC(=O)C1(C[P+](c2ccccc2)(c2ccccc2)c2ccccc2)N=CC(c2ccccc2)=N1. The molecule has 0 amide bonds. The molecule has 172 valence electrons. The maximum absolute atomic E-state index is 13.5. The van der Waals surface area contributed by atoms with Crippen molar-refractivity contribution in [3.8, 4) is 0 Å². The Bertz CT molecular complexity index is 1260. The van der Waals surface area contributed by atoms with Crippen LogP contribution in [0, 0.1) is 0 Å². The number of aliphatic imine (C=N–C) groups is 2. The predicted molar refractivity (Wildman–Crippen MR) is 146 cm³/mol. The van der Waals surface area contributed by atoms with Crippen LogP contribution in [0.3, 0.4) is 0 Å². The Morgan fingerprint density at radius 2 is 1.14 bits per heavy atom. The zero-order valence-corrected chi connectivity index (χ0v) is 20.4. The second kappa shape index (κ2) is 9.77. The maximum atomic E-state index is 13.5. The molecule has 1 aliphatic heterocycles. The van der Waals surface area contributed by atoms with Gasteiger partial charge in [-0.1, -0.05) is 84.9 Å². The molecule has 0 N–H and O–H groups in total. The molecule has 0 radical (unpaired) electrons. The Balaban J connectivity index is 1.76. The van der Waals surface area contributed by atoms with Gasteiger partial charge in [0.2, 0.25) is 0 Å². The summed E-state index contributed by atoms with van der Waals surface area (Å²) < 4.78 is 5.33. The lowest BCUT2D eigenvalue weighted by molar-refractivity contribution is -0.145. The molecule has 0 aliphatic carbocycles. The highest BCUT2D eigenvalue weighted by molar-refractivity contribution is 7.95. The smallest absolute Gasteiger partial charge is 0.360 e. The minimum Gasteiger partial charge on any atom is -0.466 e. The molecule has 0 saturated carbocycles. The molecule has 4 nitrogen and oxygen atoms in total. The maximum Gasteiger partial charge on any atom is 0.360 e. The second-order valence-corrected chi connectivity index (χ2v) is 11.9. The lowest BCUT2D eigenvalue weighted by Crippen LogP contribution is -2.46. The Hall–Kier alpha value is -3.88. The van der Waals surface area contributed by atoms with Gasteiger partial charge < -0.3 is 4.74 Å². The van der Waals surface area contributed by atoms with Crippen molar-refractivity contribution in [2.75, 3.05) is 13.3 Å². The zero-order chi connectivity index (χ0) is 24.1. The molecule has 0 bridgehead atoms. The summed E-state index contributed by atoms with van der Waals surface area (Å²) in [5.74, 6) is -0.452. The molecule has 4 aromatic carbocycles. The van der Waals surface area contributed by atoms with Gasteiger partial charge in [-0.05, 0) is 36.4 Å². The summed E-state index contributed by atoms with van der Waals surface area (Å²) in [6.45, 7) is 0. The molecule has 4 aromatic rings. The first kappa shape index (κ1) is 22.9. The minimum atomic E-state index is -2.37. The van der Waals surface area contributed by atoms with Gasteiger partial charge in [-0.2, -0.15) is 0 Å². The van der Waals surface area contributed by atoms with Crippen LogP contribution in [0.25, 0.3) is 0 Å². The van der Waals surface area contributed by atoms with Crippen molar-refractivity contribution in [3.63, 3.8) is 0 Å².